The summed E-state index contributed by atoms with van der Waals surface area (Å²) in [6.45, 7) is 0. The first-order chi connectivity index (χ1) is 46.7. The van der Waals surface area contributed by atoms with Crippen LogP contribution in [0.4, 0.5) is 0 Å². The van der Waals surface area contributed by atoms with Crippen LogP contribution in [0.15, 0.2) is 321 Å². The Morgan fingerprint density at radius 2 is 0.495 bits per heavy atom. The zero-order valence-electron chi connectivity index (χ0n) is 50.3. The maximum Gasteiger partial charge on any atom is 0.488 e. The van der Waals surface area contributed by atoms with Crippen molar-refractivity contribution in [2.75, 3.05) is 0 Å². The van der Waals surface area contributed by atoms with Gasteiger partial charge < -0.3 is 36.6 Å². The predicted molar refractivity (Wildman–Crippen MR) is 395 cm³/mol. The van der Waals surface area contributed by atoms with Gasteiger partial charge in [-0.2, -0.15) is 0 Å². The van der Waals surface area contributed by atoms with Crippen LogP contribution in [0.5, 0.6) is 0 Å². The van der Waals surface area contributed by atoms with Crippen molar-refractivity contribution in [2.45, 2.75) is 0 Å². The molecule has 8 nitrogen and oxygen atoms in total. The van der Waals surface area contributed by atoms with Crippen molar-refractivity contribution in [3.8, 4) is 55.6 Å². The molecule has 0 aliphatic carbocycles. The van der Waals surface area contributed by atoms with Crippen molar-refractivity contribution in [3.63, 3.8) is 0 Å². The third-order valence-corrected chi connectivity index (χ3v) is 19.2. The van der Waals surface area contributed by atoms with Gasteiger partial charge in [-0.1, -0.05) is 190 Å². The van der Waals surface area contributed by atoms with Gasteiger partial charge in [0.05, 0.1) is 16.2 Å². The monoisotopic (exact) mass is 1350 g/mol. The minimum atomic E-state index is -1.53. The number of benzene rings is 14. The second-order valence-corrected chi connectivity index (χ2v) is 25.7. The van der Waals surface area contributed by atoms with Crippen LogP contribution in [-0.4, -0.2) is 17.2 Å². The Morgan fingerprint density at radius 1 is 0.211 bits per heavy atom. The quantitative estimate of drug-likeness (QED) is 0.158. The fraction of sp³-hybridized carbons (Fsp3) is 0. The minimum Gasteiger partial charge on any atom is -0.456 e. The summed E-state index contributed by atoms with van der Waals surface area (Å²) in [6.07, 6.45) is 0. The SMILES string of the molecule is Brc1cccc(Br)c1.OB(O)c1ccc2oc3ccc4c5cc(-c6ccccc6)ccc5oc4c3c2c1.c1ccc(-c2ccc3oc4c(ccc5oc6ccc(-c7cccc(-c8ccc9oc%10ccc%11c%12cc(-c%13ccccc%13)ccc%12oc%11c%10c9c8)c7)cc6c54)c3c2)cc1. The molecule has 0 radical (unpaired) electrons. The Morgan fingerprint density at radius 3 is 0.842 bits per heavy atom. The molecule has 0 saturated heterocycles. The molecule has 450 valence electrons. The Hall–Kier alpha value is -11.2. The van der Waals surface area contributed by atoms with E-state index in [-0.39, 0.29) is 0 Å². The molecule has 0 aliphatic rings. The molecule has 0 amide bonds. The third-order valence-electron chi connectivity index (χ3n) is 18.2. The third kappa shape index (κ3) is 9.90. The lowest BCUT2D eigenvalue weighted by molar-refractivity contribution is 0.426. The first-order valence-electron chi connectivity index (χ1n) is 31.2. The van der Waals surface area contributed by atoms with Gasteiger partial charge in [0.15, 0.2) is 0 Å². The van der Waals surface area contributed by atoms with Gasteiger partial charge >= 0.3 is 7.12 Å². The zero-order valence-corrected chi connectivity index (χ0v) is 53.5. The fourth-order valence-electron chi connectivity index (χ4n) is 13.6. The molecule has 14 aromatic carbocycles. The van der Waals surface area contributed by atoms with E-state index in [2.05, 4.69) is 226 Å². The Balaban J connectivity index is 0.000000147. The summed E-state index contributed by atoms with van der Waals surface area (Å²) in [4.78, 5) is 0. The molecule has 0 bridgehead atoms. The van der Waals surface area contributed by atoms with E-state index in [1.807, 2.05) is 72.8 Å². The van der Waals surface area contributed by atoms with Crippen molar-refractivity contribution < 1.29 is 36.6 Å². The molecule has 2 N–H and O–H groups in total. The summed E-state index contributed by atoms with van der Waals surface area (Å²) in [5.74, 6) is 0. The molecule has 20 rings (SSSR count). The first kappa shape index (κ1) is 56.6. The average molecular weight is 1360 g/mol. The van der Waals surface area contributed by atoms with Crippen LogP contribution in [0.2, 0.25) is 0 Å². The zero-order chi connectivity index (χ0) is 63.4. The highest BCUT2D eigenvalue weighted by molar-refractivity contribution is 9.11. The van der Waals surface area contributed by atoms with Gasteiger partial charge in [0.25, 0.3) is 0 Å². The highest BCUT2D eigenvalue weighted by Crippen LogP contribution is 2.45. The molecule has 20 aromatic rings. The van der Waals surface area contributed by atoms with E-state index >= 15 is 0 Å². The summed E-state index contributed by atoms with van der Waals surface area (Å²) < 4.78 is 40.4. The van der Waals surface area contributed by atoms with Gasteiger partial charge in [0, 0.05) is 57.4 Å². The molecule has 0 atom stereocenters. The van der Waals surface area contributed by atoms with Crippen LogP contribution in [0.25, 0.3) is 187 Å². The van der Waals surface area contributed by atoms with Crippen molar-refractivity contribution in [3.05, 3.63) is 294 Å². The van der Waals surface area contributed by atoms with Gasteiger partial charge in [0.2, 0.25) is 0 Å². The van der Waals surface area contributed by atoms with Gasteiger partial charge in [-0.05, 0) is 188 Å². The maximum atomic E-state index is 9.56. The number of halogens is 2. The first-order valence-corrected chi connectivity index (χ1v) is 32.8. The van der Waals surface area contributed by atoms with E-state index in [4.69, 9.17) is 26.5 Å². The molecule has 0 spiro atoms. The van der Waals surface area contributed by atoms with Crippen LogP contribution in [0, 0.1) is 0 Å². The summed E-state index contributed by atoms with van der Waals surface area (Å²) >= 11 is 6.66. The Kier molecular flexibility index (Phi) is 13.6. The summed E-state index contributed by atoms with van der Waals surface area (Å²) in [5.41, 5.74) is 21.5. The molecule has 0 saturated carbocycles. The van der Waals surface area contributed by atoms with E-state index in [0.717, 1.165) is 174 Å². The van der Waals surface area contributed by atoms with Gasteiger partial charge in [-0.25, -0.2) is 0 Å². The number of hydrogen-bond donors (Lipinski definition) is 2. The fourth-order valence-corrected chi connectivity index (χ4v) is 14.7. The lowest BCUT2D eigenvalue weighted by atomic mass is 9.80. The second-order valence-electron chi connectivity index (χ2n) is 23.9. The van der Waals surface area contributed by atoms with Gasteiger partial charge in [-0.3, -0.25) is 0 Å². The van der Waals surface area contributed by atoms with E-state index in [9.17, 15) is 10.0 Å². The molecule has 6 aromatic heterocycles. The number of hydrogen-bond acceptors (Lipinski definition) is 8. The maximum absolute atomic E-state index is 9.56. The van der Waals surface area contributed by atoms with Crippen molar-refractivity contribution in [1.82, 2.24) is 0 Å². The minimum absolute atomic E-state index is 0.416. The standard InChI is InChI=1S/C54H30O4.C24H15BO4.C6H4Br2/c1-3-8-31(9-4-1)35-14-20-45-41(27-35)39-18-24-49-51(53(39)57-45)43-29-37(16-22-47(43)55-49)33-12-7-13-34(26-33)38-17-23-48-44(30-38)52-50(56-48)25-19-40-42-28-36(32-10-5-2-6-11-32)15-21-46(42)58-54(40)52;26-25(27)16-7-10-21-19(13-16)23-22(28-21)11-8-17-18-12-15(14-4-2-1-3-5-14)6-9-20(18)29-24(17)23;7-5-2-1-3-6(8)4-5/h1-30H;1-13,26-27H;1-4H. The van der Waals surface area contributed by atoms with E-state index < -0.39 is 7.12 Å². The lowest BCUT2D eigenvalue weighted by Gasteiger charge is -2.07. The molecule has 0 aliphatic heterocycles. The van der Waals surface area contributed by atoms with E-state index in [1.54, 1.807) is 18.2 Å². The normalized spacial score (nSPS) is 11.8. The number of furan rings is 6. The molecule has 95 heavy (non-hydrogen) atoms. The second kappa shape index (κ2) is 22.8. The average Bonchev–Trinajstić information content (AvgIpc) is 1.60. The van der Waals surface area contributed by atoms with Crippen LogP contribution in [0.1, 0.15) is 0 Å². The highest BCUT2D eigenvalue weighted by Gasteiger charge is 2.22. The predicted octanol–water partition coefficient (Wildman–Crippen LogP) is 24.0. The van der Waals surface area contributed by atoms with Crippen LogP contribution < -0.4 is 5.46 Å². The summed E-state index contributed by atoms with van der Waals surface area (Å²) in [6, 6.07) is 97.3. The summed E-state index contributed by atoms with van der Waals surface area (Å²) in [7, 11) is -1.53. The molecular weight excluding hydrogens is 1310 g/mol. The van der Waals surface area contributed by atoms with E-state index in [1.165, 1.54) is 11.1 Å². The number of rotatable bonds is 6. The Bertz CT molecular complexity index is 6150. The van der Waals surface area contributed by atoms with Crippen LogP contribution in [-0.2, 0) is 0 Å². The van der Waals surface area contributed by atoms with Gasteiger partial charge in [0.1, 0.15) is 67.0 Å². The van der Waals surface area contributed by atoms with Crippen molar-refractivity contribution in [1.29, 1.82) is 0 Å². The van der Waals surface area contributed by atoms with E-state index in [0.29, 0.717) is 16.6 Å². The van der Waals surface area contributed by atoms with Crippen LogP contribution >= 0.6 is 31.9 Å². The van der Waals surface area contributed by atoms with Crippen molar-refractivity contribution in [2.24, 2.45) is 0 Å². The topological polar surface area (TPSA) is 119 Å². The smallest absolute Gasteiger partial charge is 0.456 e. The Labute approximate surface area is 558 Å². The molecular formula is C84H49BBr2O8. The molecule has 11 heteroatoms. The molecule has 6 heterocycles. The highest BCUT2D eigenvalue weighted by atomic mass is 79.9. The lowest BCUT2D eigenvalue weighted by Crippen LogP contribution is -2.29. The molecule has 0 unspecified atom stereocenters. The largest absolute Gasteiger partial charge is 0.488 e. The molecule has 0 fully saturated rings. The van der Waals surface area contributed by atoms with Gasteiger partial charge in [-0.15, -0.1) is 0 Å². The summed E-state index contributed by atoms with van der Waals surface area (Å²) in [5, 5.41) is 31.2. The number of fused-ring (bicyclic) bond motifs is 21. The van der Waals surface area contributed by atoms with Crippen LogP contribution in [0.3, 0.4) is 0 Å². The van der Waals surface area contributed by atoms with Crippen molar-refractivity contribution >= 4 is 176 Å².